The average Bonchev–Trinajstić information content (AvgIpc) is 2.65. The van der Waals surface area contributed by atoms with E-state index in [2.05, 4.69) is 16.1 Å². The summed E-state index contributed by atoms with van der Waals surface area (Å²) >= 11 is 1.57. The Hall–Kier alpha value is -1.68. The lowest BCUT2D eigenvalue weighted by Crippen LogP contribution is -2.14. The van der Waals surface area contributed by atoms with Crippen molar-refractivity contribution in [2.24, 2.45) is 4.99 Å². The molecule has 0 atom stereocenters. The van der Waals surface area contributed by atoms with Crippen LogP contribution in [-0.4, -0.2) is 4.57 Å². The molecule has 0 amide bonds. The summed E-state index contributed by atoms with van der Waals surface area (Å²) in [5.41, 5.74) is 1.90. The number of aromatic nitrogens is 1. The summed E-state index contributed by atoms with van der Waals surface area (Å²) in [4.78, 5) is 5.39. The van der Waals surface area contributed by atoms with Crippen molar-refractivity contribution in [2.75, 3.05) is 0 Å². The lowest BCUT2D eigenvalue weighted by Gasteiger charge is -2.00. The Morgan fingerprint density at radius 2 is 2.12 bits per heavy atom. The van der Waals surface area contributed by atoms with E-state index in [9.17, 15) is 4.39 Å². The highest BCUT2D eigenvalue weighted by molar-refractivity contribution is 7.07. The maximum Gasteiger partial charge on any atom is 0.190 e. The van der Waals surface area contributed by atoms with Crippen LogP contribution in [0.15, 0.2) is 47.3 Å². The molecule has 0 N–H and O–H groups in total. The van der Waals surface area contributed by atoms with E-state index in [1.807, 2.05) is 18.4 Å². The van der Waals surface area contributed by atoms with Gasteiger partial charge in [-0.25, -0.2) is 9.38 Å². The van der Waals surface area contributed by atoms with E-state index in [1.54, 1.807) is 23.5 Å². The second-order valence-corrected chi connectivity index (χ2v) is 4.48. The third kappa shape index (κ3) is 2.71. The lowest BCUT2D eigenvalue weighted by atomic mass is 10.3. The van der Waals surface area contributed by atoms with Crippen LogP contribution in [0.2, 0.25) is 0 Å². The molecule has 0 saturated heterocycles. The predicted octanol–water partition coefficient (Wildman–Crippen LogP) is 3.42. The van der Waals surface area contributed by atoms with Crippen molar-refractivity contribution < 1.29 is 4.39 Å². The Balaban J connectivity index is 2.45. The van der Waals surface area contributed by atoms with Gasteiger partial charge in [0.25, 0.3) is 0 Å². The molecule has 0 radical (unpaired) electrons. The largest absolute Gasteiger partial charge is 0.317 e. The van der Waals surface area contributed by atoms with E-state index in [1.165, 1.54) is 12.1 Å². The van der Waals surface area contributed by atoms with Crippen LogP contribution >= 0.6 is 11.3 Å². The normalized spacial score (nSPS) is 11.8. The minimum atomic E-state index is -0.245. The van der Waals surface area contributed by atoms with Gasteiger partial charge in [0, 0.05) is 17.6 Å². The topological polar surface area (TPSA) is 17.3 Å². The van der Waals surface area contributed by atoms with Gasteiger partial charge >= 0.3 is 0 Å². The molecule has 0 saturated carbocycles. The fourth-order valence-corrected chi connectivity index (χ4v) is 2.39. The Bertz CT molecular complexity index is 578. The van der Waals surface area contributed by atoms with E-state index in [4.69, 9.17) is 0 Å². The average molecular weight is 248 g/mol. The van der Waals surface area contributed by atoms with Crippen LogP contribution < -0.4 is 4.80 Å². The number of hydrogen-bond acceptors (Lipinski definition) is 2. The molecule has 0 aliphatic rings. The van der Waals surface area contributed by atoms with Crippen molar-refractivity contribution in [3.05, 3.63) is 58.6 Å². The fourth-order valence-electron chi connectivity index (χ4n) is 1.48. The molecule has 2 aromatic rings. The van der Waals surface area contributed by atoms with Gasteiger partial charge in [-0.15, -0.1) is 17.9 Å². The van der Waals surface area contributed by atoms with Gasteiger partial charge < -0.3 is 4.57 Å². The third-order valence-corrected chi connectivity index (χ3v) is 3.34. The summed E-state index contributed by atoms with van der Waals surface area (Å²) in [6.45, 7) is 6.49. The Labute approximate surface area is 103 Å². The van der Waals surface area contributed by atoms with Gasteiger partial charge in [-0.05, 0) is 31.2 Å². The first-order valence-corrected chi connectivity index (χ1v) is 6.15. The van der Waals surface area contributed by atoms with Crippen LogP contribution in [0, 0.1) is 12.7 Å². The molecular weight excluding hydrogens is 235 g/mol. The smallest absolute Gasteiger partial charge is 0.190 e. The Morgan fingerprint density at radius 3 is 2.76 bits per heavy atom. The number of rotatable bonds is 3. The van der Waals surface area contributed by atoms with Crippen molar-refractivity contribution in [1.82, 2.24) is 4.57 Å². The van der Waals surface area contributed by atoms with E-state index >= 15 is 0 Å². The summed E-state index contributed by atoms with van der Waals surface area (Å²) in [6, 6.07) is 6.17. The van der Waals surface area contributed by atoms with Gasteiger partial charge in [-0.2, -0.15) is 0 Å². The van der Waals surface area contributed by atoms with Crippen LogP contribution in [0.4, 0.5) is 10.1 Å². The molecule has 0 spiro atoms. The van der Waals surface area contributed by atoms with Gasteiger partial charge in [-0.3, -0.25) is 0 Å². The van der Waals surface area contributed by atoms with E-state index < -0.39 is 0 Å². The zero-order chi connectivity index (χ0) is 12.3. The monoisotopic (exact) mass is 248 g/mol. The number of halogens is 1. The Kier molecular flexibility index (Phi) is 3.54. The lowest BCUT2D eigenvalue weighted by molar-refractivity contribution is 0.628. The number of aryl methyl sites for hydroxylation is 1. The van der Waals surface area contributed by atoms with Crippen molar-refractivity contribution >= 4 is 17.0 Å². The number of benzene rings is 1. The number of allylic oxidation sites excluding steroid dienone is 1. The second-order valence-electron chi connectivity index (χ2n) is 3.65. The van der Waals surface area contributed by atoms with Gasteiger partial charge in [0.15, 0.2) is 4.80 Å². The van der Waals surface area contributed by atoms with E-state index in [0.29, 0.717) is 0 Å². The van der Waals surface area contributed by atoms with Crippen LogP contribution in [0.1, 0.15) is 5.69 Å². The highest BCUT2D eigenvalue weighted by Crippen LogP contribution is 2.12. The summed E-state index contributed by atoms with van der Waals surface area (Å²) in [5, 5.41) is 2.05. The number of thiazole rings is 1. The molecule has 1 heterocycles. The fraction of sp³-hybridized carbons (Fsp3) is 0.154. The standard InChI is InChI=1S/C13H13FN2S/c1-3-8-16-10(2)9-17-13(16)15-12-6-4-11(14)5-7-12/h3-7,9H,1,8H2,2H3. The molecule has 0 unspecified atom stereocenters. The maximum atomic E-state index is 12.8. The predicted molar refractivity (Wildman–Crippen MR) is 68.9 cm³/mol. The van der Waals surface area contributed by atoms with Crippen molar-refractivity contribution in [2.45, 2.75) is 13.5 Å². The van der Waals surface area contributed by atoms with Gasteiger partial charge in [0.1, 0.15) is 5.82 Å². The quantitative estimate of drug-likeness (QED) is 0.741. The first-order chi connectivity index (χ1) is 8.20. The molecule has 17 heavy (non-hydrogen) atoms. The van der Waals surface area contributed by atoms with Gasteiger partial charge in [-0.1, -0.05) is 6.08 Å². The van der Waals surface area contributed by atoms with E-state index in [0.717, 1.165) is 22.7 Å². The molecule has 0 aliphatic heterocycles. The SMILES string of the molecule is C=CCn1c(C)csc1=Nc1ccc(F)cc1. The molecule has 0 fully saturated rings. The highest BCUT2D eigenvalue weighted by Gasteiger charge is 1.99. The molecular formula is C13H13FN2S. The van der Waals surface area contributed by atoms with Crippen molar-refractivity contribution in [3.63, 3.8) is 0 Å². The molecule has 4 heteroatoms. The molecule has 0 bridgehead atoms. The van der Waals surface area contributed by atoms with Crippen LogP contribution in [0.3, 0.4) is 0 Å². The minimum absolute atomic E-state index is 0.245. The summed E-state index contributed by atoms with van der Waals surface area (Å²) in [5.74, 6) is -0.245. The van der Waals surface area contributed by atoms with Crippen molar-refractivity contribution in [3.8, 4) is 0 Å². The van der Waals surface area contributed by atoms with Crippen molar-refractivity contribution in [1.29, 1.82) is 0 Å². The molecule has 1 aromatic heterocycles. The van der Waals surface area contributed by atoms with Gasteiger partial charge in [0.2, 0.25) is 0 Å². The zero-order valence-corrected chi connectivity index (χ0v) is 10.4. The first-order valence-electron chi connectivity index (χ1n) is 5.27. The molecule has 88 valence electrons. The summed E-state index contributed by atoms with van der Waals surface area (Å²) < 4.78 is 14.8. The van der Waals surface area contributed by atoms with Crippen LogP contribution in [0.5, 0.6) is 0 Å². The first kappa shape index (κ1) is 11.8. The third-order valence-electron chi connectivity index (χ3n) is 2.35. The number of nitrogens with zero attached hydrogens (tertiary/aromatic N) is 2. The van der Waals surface area contributed by atoms with E-state index in [-0.39, 0.29) is 5.82 Å². The molecule has 0 aliphatic carbocycles. The second kappa shape index (κ2) is 5.10. The van der Waals surface area contributed by atoms with Crippen LogP contribution in [0.25, 0.3) is 0 Å². The summed E-state index contributed by atoms with van der Waals surface area (Å²) in [6.07, 6.45) is 1.84. The zero-order valence-electron chi connectivity index (χ0n) is 9.56. The highest BCUT2D eigenvalue weighted by atomic mass is 32.1. The molecule has 2 nitrogen and oxygen atoms in total. The van der Waals surface area contributed by atoms with Gasteiger partial charge in [0.05, 0.1) is 5.69 Å². The molecule has 1 aromatic carbocycles. The maximum absolute atomic E-state index is 12.8. The summed E-state index contributed by atoms with van der Waals surface area (Å²) in [7, 11) is 0. The Morgan fingerprint density at radius 1 is 1.41 bits per heavy atom. The molecule has 2 rings (SSSR count). The number of hydrogen-bond donors (Lipinski definition) is 0. The minimum Gasteiger partial charge on any atom is -0.317 e. The van der Waals surface area contributed by atoms with Crippen LogP contribution in [-0.2, 0) is 6.54 Å².